The normalized spacial score (nSPS) is 10.6. The zero-order valence-electron chi connectivity index (χ0n) is 12.7. The predicted molar refractivity (Wildman–Crippen MR) is 102 cm³/mol. The summed E-state index contributed by atoms with van der Waals surface area (Å²) in [6.07, 6.45) is 1.45. The van der Waals surface area contributed by atoms with Crippen molar-refractivity contribution in [2.75, 3.05) is 10.6 Å². The van der Waals surface area contributed by atoms with Crippen molar-refractivity contribution in [3.05, 3.63) is 56.4 Å². The fourth-order valence-electron chi connectivity index (χ4n) is 1.93. The first-order valence-corrected chi connectivity index (χ1v) is 8.87. The maximum absolute atomic E-state index is 12.3. The van der Waals surface area contributed by atoms with Gasteiger partial charge in [-0.05, 0) is 19.1 Å². The summed E-state index contributed by atoms with van der Waals surface area (Å²) in [6.45, 7) is 1.73. The molecule has 0 saturated heterocycles. The molecule has 3 aromatic rings. The number of nitrogens with zero attached hydrogens (tertiary/aromatic N) is 3. The third-order valence-corrected chi connectivity index (χ3v) is 4.90. The minimum atomic E-state index is -0.341. The van der Waals surface area contributed by atoms with Gasteiger partial charge in [-0.3, -0.25) is 4.79 Å². The van der Waals surface area contributed by atoms with Crippen LogP contribution in [0.2, 0.25) is 15.2 Å². The van der Waals surface area contributed by atoms with Crippen LogP contribution in [0.1, 0.15) is 15.5 Å². The molecule has 0 radical (unpaired) electrons. The lowest BCUT2D eigenvalue weighted by molar-refractivity contribution is 0.103. The van der Waals surface area contributed by atoms with Crippen molar-refractivity contribution >= 4 is 68.7 Å². The Labute approximate surface area is 162 Å². The molecule has 2 aromatic heterocycles. The van der Waals surface area contributed by atoms with Crippen LogP contribution in [0.25, 0.3) is 0 Å². The zero-order chi connectivity index (χ0) is 18.0. The molecule has 2 heterocycles. The number of benzene rings is 1. The first-order chi connectivity index (χ1) is 11.9. The van der Waals surface area contributed by atoms with Crippen molar-refractivity contribution in [1.82, 2.24) is 15.0 Å². The Bertz CT molecular complexity index is 926. The number of nitrogens with one attached hydrogen (secondary N) is 2. The van der Waals surface area contributed by atoms with E-state index in [1.807, 2.05) is 0 Å². The molecule has 6 nitrogen and oxygen atoms in total. The van der Waals surface area contributed by atoms with Gasteiger partial charge in [0.1, 0.15) is 21.7 Å². The summed E-state index contributed by atoms with van der Waals surface area (Å²) >= 11 is 19.1. The highest BCUT2D eigenvalue weighted by Gasteiger charge is 2.14. The van der Waals surface area contributed by atoms with E-state index in [-0.39, 0.29) is 10.9 Å². The lowest BCUT2D eigenvalue weighted by atomic mass is 10.3. The average molecular weight is 415 g/mol. The molecular formula is C15H10Cl3N5OS. The molecule has 10 heteroatoms. The van der Waals surface area contributed by atoms with Crippen molar-refractivity contribution < 1.29 is 4.79 Å². The molecule has 2 N–H and O–H groups in total. The van der Waals surface area contributed by atoms with E-state index in [1.165, 1.54) is 6.20 Å². The highest BCUT2D eigenvalue weighted by atomic mass is 35.5. The van der Waals surface area contributed by atoms with Gasteiger partial charge in [0.15, 0.2) is 5.13 Å². The molecule has 0 aliphatic rings. The summed E-state index contributed by atoms with van der Waals surface area (Å²) in [6, 6.07) is 6.58. The summed E-state index contributed by atoms with van der Waals surface area (Å²) in [5.74, 6) is 0.684. The van der Waals surface area contributed by atoms with E-state index >= 15 is 0 Å². The number of anilines is 3. The number of amides is 1. The number of thiazole rings is 1. The van der Waals surface area contributed by atoms with Crippen LogP contribution in [0.15, 0.2) is 30.5 Å². The summed E-state index contributed by atoms with van der Waals surface area (Å²) in [7, 11) is 0. The number of carbonyl (C=O) groups is 1. The SMILES string of the molecule is Cc1nc(Cl)cc(Nc2ncc(C(=O)Nc3cccc(Cl)c3Cl)s2)n1. The molecule has 0 atom stereocenters. The van der Waals surface area contributed by atoms with Gasteiger partial charge in [0.2, 0.25) is 0 Å². The molecule has 0 aliphatic carbocycles. The molecule has 3 rings (SSSR count). The Morgan fingerprint density at radius 2 is 2.00 bits per heavy atom. The van der Waals surface area contributed by atoms with E-state index in [0.29, 0.717) is 37.5 Å². The molecule has 0 unspecified atom stereocenters. The van der Waals surface area contributed by atoms with Gasteiger partial charge in [0.25, 0.3) is 5.91 Å². The maximum atomic E-state index is 12.3. The Hall–Kier alpha value is -1.93. The maximum Gasteiger partial charge on any atom is 0.267 e. The van der Waals surface area contributed by atoms with Crippen molar-refractivity contribution in [2.24, 2.45) is 0 Å². The van der Waals surface area contributed by atoms with Crippen LogP contribution in [-0.2, 0) is 0 Å². The molecule has 1 amide bonds. The molecule has 0 saturated carbocycles. The predicted octanol–water partition coefficient (Wildman–Crippen LogP) is 5.20. The average Bonchev–Trinajstić information content (AvgIpc) is 2.99. The Morgan fingerprint density at radius 1 is 1.20 bits per heavy atom. The zero-order valence-corrected chi connectivity index (χ0v) is 15.8. The minimum Gasteiger partial charge on any atom is -0.320 e. The fraction of sp³-hybridized carbons (Fsp3) is 0.0667. The van der Waals surface area contributed by atoms with Crippen LogP contribution in [0.4, 0.5) is 16.6 Å². The lowest BCUT2D eigenvalue weighted by Gasteiger charge is -2.06. The molecule has 0 fully saturated rings. The van der Waals surface area contributed by atoms with Crippen LogP contribution in [0.5, 0.6) is 0 Å². The number of rotatable bonds is 4. The monoisotopic (exact) mass is 413 g/mol. The quantitative estimate of drug-likeness (QED) is 0.574. The summed E-state index contributed by atoms with van der Waals surface area (Å²) in [5, 5.41) is 7.16. The Balaban J connectivity index is 1.74. The van der Waals surface area contributed by atoms with Crippen LogP contribution in [0, 0.1) is 6.92 Å². The first-order valence-electron chi connectivity index (χ1n) is 6.92. The second kappa shape index (κ2) is 7.53. The summed E-state index contributed by atoms with van der Waals surface area (Å²) in [5.41, 5.74) is 0.431. The first kappa shape index (κ1) is 17.9. The van der Waals surface area contributed by atoms with Crippen LogP contribution >= 0.6 is 46.1 Å². The van der Waals surface area contributed by atoms with Gasteiger partial charge in [-0.15, -0.1) is 0 Å². The molecule has 0 bridgehead atoms. The fourth-order valence-corrected chi connectivity index (χ4v) is 3.22. The topological polar surface area (TPSA) is 79.8 Å². The van der Waals surface area contributed by atoms with Crippen LogP contribution < -0.4 is 10.6 Å². The largest absolute Gasteiger partial charge is 0.320 e. The van der Waals surface area contributed by atoms with E-state index in [1.54, 1.807) is 31.2 Å². The van der Waals surface area contributed by atoms with Gasteiger partial charge in [0.05, 0.1) is 21.9 Å². The van der Waals surface area contributed by atoms with Gasteiger partial charge >= 0.3 is 0 Å². The van der Waals surface area contributed by atoms with E-state index in [0.717, 1.165) is 11.3 Å². The van der Waals surface area contributed by atoms with E-state index in [2.05, 4.69) is 25.6 Å². The second-order valence-corrected chi connectivity index (χ2v) is 7.04. The number of hydrogen-bond donors (Lipinski definition) is 2. The van der Waals surface area contributed by atoms with E-state index in [4.69, 9.17) is 34.8 Å². The van der Waals surface area contributed by atoms with Crippen molar-refractivity contribution in [3.63, 3.8) is 0 Å². The molecule has 0 spiro atoms. The second-order valence-electron chi connectivity index (χ2n) is 4.83. The van der Waals surface area contributed by atoms with Crippen molar-refractivity contribution in [3.8, 4) is 0 Å². The standard InChI is InChI=1S/C15H10Cl3N5OS/c1-7-20-11(17)5-12(21-7)23-15-19-6-10(25-15)14(24)22-9-4-2-3-8(16)13(9)18/h2-6H,1H3,(H,22,24)(H,19,20,21,23). The number of aromatic nitrogens is 3. The molecular weight excluding hydrogens is 405 g/mol. The number of halogens is 3. The van der Waals surface area contributed by atoms with Gasteiger partial charge in [0, 0.05) is 6.07 Å². The van der Waals surface area contributed by atoms with Gasteiger partial charge in [-0.25, -0.2) is 15.0 Å². The molecule has 25 heavy (non-hydrogen) atoms. The minimum absolute atomic E-state index is 0.284. The highest BCUT2D eigenvalue weighted by molar-refractivity contribution is 7.17. The Kier molecular flexibility index (Phi) is 5.39. The third kappa shape index (κ3) is 4.38. The van der Waals surface area contributed by atoms with Crippen molar-refractivity contribution in [1.29, 1.82) is 0 Å². The van der Waals surface area contributed by atoms with E-state index in [9.17, 15) is 4.79 Å². The van der Waals surface area contributed by atoms with Gasteiger partial charge in [-0.2, -0.15) is 0 Å². The molecule has 0 aliphatic heterocycles. The number of aryl methyl sites for hydroxylation is 1. The van der Waals surface area contributed by atoms with Crippen LogP contribution in [0.3, 0.4) is 0 Å². The summed E-state index contributed by atoms with van der Waals surface area (Å²) < 4.78 is 0. The van der Waals surface area contributed by atoms with Crippen molar-refractivity contribution in [2.45, 2.75) is 6.92 Å². The van der Waals surface area contributed by atoms with Crippen LogP contribution in [-0.4, -0.2) is 20.9 Å². The van der Waals surface area contributed by atoms with E-state index < -0.39 is 0 Å². The Morgan fingerprint density at radius 3 is 2.76 bits per heavy atom. The summed E-state index contributed by atoms with van der Waals surface area (Å²) in [4.78, 5) is 25.1. The highest BCUT2D eigenvalue weighted by Crippen LogP contribution is 2.30. The third-order valence-electron chi connectivity index (χ3n) is 2.97. The lowest BCUT2D eigenvalue weighted by Crippen LogP contribution is -2.10. The molecule has 1 aromatic carbocycles. The number of carbonyl (C=O) groups excluding carboxylic acids is 1. The van der Waals surface area contributed by atoms with Gasteiger partial charge < -0.3 is 10.6 Å². The number of hydrogen-bond acceptors (Lipinski definition) is 6. The van der Waals surface area contributed by atoms with Gasteiger partial charge in [-0.1, -0.05) is 52.2 Å². The smallest absolute Gasteiger partial charge is 0.267 e. The molecule has 128 valence electrons.